The molecule has 0 saturated carbocycles. The molecule has 0 amide bonds. The van der Waals surface area contributed by atoms with Crippen molar-refractivity contribution in [3.05, 3.63) is 65.7 Å². The molecule has 0 bridgehead atoms. The predicted molar refractivity (Wildman–Crippen MR) is 116 cm³/mol. The van der Waals surface area contributed by atoms with Gasteiger partial charge in [0.25, 0.3) is 0 Å². The number of benzene rings is 3. The number of hydrogen-bond acceptors (Lipinski definition) is 4. The van der Waals surface area contributed by atoms with E-state index in [9.17, 15) is 9.59 Å². The Morgan fingerprint density at radius 3 is 2.52 bits per heavy atom. The molecule has 0 heterocycles. The van der Waals surface area contributed by atoms with E-state index in [0.29, 0.717) is 17.7 Å². The topological polar surface area (TPSA) is 52.6 Å². The number of aldehydes is 1. The van der Waals surface area contributed by atoms with Crippen LogP contribution in [0, 0.1) is 0 Å². The number of Topliss-reactive ketones (excluding diaryl/α,β-unsaturated/α-hetero) is 1. The summed E-state index contributed by atoms with van der Waals surface area (Å²) in [6.45, 7) is 0.739. The molecule has 0 aliphatic heterocycles. The Bertz CT molecular complexity index is 1010. The van der Waals surface area contributed by atoms with Crippen LogP contribution in [0.5, 0.6) is 5.75 Å². The number of fused-ring (bicyclic) bond motifs is 1. The molecule has 4 nitrogen and oxygen atoms in total. The smallest absolute Gasteiger partial charge is 0.162 e. The Morgan fingerprint density at radius 2 is 1.76 bits per heavy atom. The number of carbonyl (C=O) groups is 2. The molecule has 0 fully saturated rings. The van der Waals surface area contributed by atoms with E-state index in [1.807, 2.05) is 48.5 Å². The number of rotatable bonds is 10. The lowest BCUT2D eigenvalue weighted by Gasteiger charge is -2.10. The molecule has 3 aromatic rings. The lowest BCUT2D eigenvalue weighted by atomic mass is 9.96. The Labute approximate surface area is 171 Å². The molecule has 0 unspecified atom stereocenters. The molecule has 4 heteroatoms. The van der Waals surface area contributed by atoms with Crippen molar-refractivity contribution in [2.45, 2.75) is 25.7 Å². The second-order valence-corrected chi connectivity index (χ2v) is 7.04. The summed E-state index contributed by atoms with van der Waals surface area (Å²) in [5, 5.41) is 1.81. The van der Waals surface area contributed by atoms with Crippen molar-refractivity contribution in [3.8, 4) is 16.9 Å². The van der Waals surface area contributed by atoms with Gasteiger partial charge in [-0.05, 0) is 52.9 Å². The van der Waals surface area contributed by atoms with Crippen LogP contribution in [0.3, 0.4) is 0 Å². The van der Waals surface area contributed by atoms with Crippen LogP contribution in [-0.2, 0) is 4.74 Å². The number of methoxy groups -OCH3 is 2. The van der Waals surface area contributed by atoms with E-state index in [1.165, 1.54) is 0 Å². The Morgan fingerprint density at radius 1 is 0.931 bits per heavy atom. The van der Waals surface area contributed by atoms with Gasteiger partial charge in [0.05, 0.1) is 12.7 Å². The van der Waals surface area contributed by atoms with E-state index < -0.39 is 0 Å². The van der Waals surface area contributed by atoms with Crippen LogP contribution >= 0.6 is 0 Å². The standard InChI is InChI=1S/C25H26O4/c1-28-14-5-3-4-9-24(27)21-8-6-7-18(16-21)19-10-12-22-20(15-19)11-13-25(29-2)23(22)17-26/h6-8,10-13,15-17H,3-5,9,14H2,1-2H3. The minimum Gasteiger partial charge on any atom is -0.496 e. The molecule has 0 atom stereocenters. The Kier molecular flexibility index (Phi) is 7.14. The van der Waals surface area contributed by atoms with Crippen LogP contribution in [-0.4, -0.2) is 32.9 Å². The Hall–Kier alpha value is -2.98. The molecule has 0 spiro atoms. The monoisotopic (exact) mass is 390 g/mol. The lowest BCUT2D eigenvalue weighted by molar-refractivity contribution is 0.0977. The van der Waals surface area contributed by atoms with Gasteiger partial charge in [0, 0.05) is 25.7 Å². The molecule has 0 aromatic heterocycles. The highest BCUT2D eigenvalue weighted by Crippen LogP contribution is 2.31. The van der Waals surface area contributed by atoms with Gasteiger partial charge >= 0.3 is 0 Å². The number of ether oxygens (including phenoxy) is 2. The largest absolute Gasteiger partial charge is 0.496 e. The third kappa shape index (κ3) is 4.90. The van der Waals surface area contributed by atoms with Gasteiger partial charge in [0.2, 0.25) is 0 Å². The molecular formula is C25H26O4. The maximum Gasteiger partial charge on any atom is 0.162 e. The molecule has 0 aliphatic carbocycles. The fourth-order valence-electron chi connectivity index (χ4n) is 3.54. The summed E-state index contributed by atoms with van der Waals surface area (Å²) in [5.41, 5.74) is 3.28. The summed E-state index contributed by atoms with van der Waals surface area (Å²) in [4.78, 5) is 24.0. The molecule has 0 radical (unpaired) electrons. The van der Waals surface area contributed by atoms with Gasteiger partial charge in [-0.15, -0.1) is 0 Å². The van der Waals surface area contributed by atoms with Crippen molar-refractivity contribution < 1.29 is 19.1 Å². The minimum atomic E-state index is 0.165. The first-order valence-corrected chi connectivity index (χ1v) is 9.86. The summed E-state index contributed by atoms with van der Waals surface area (Å²) >= 11 is 0. The van der Waals surface area contributed by atoms with Crippen LogP contribution in [0.2, 0.25) is 0 Å². The van der Waals surface area contributed by atoms with E-state index in [4.69, 9.17) is 9.47 Å². The zero-order valence-electron chi connectivity index (χ0n) is 16.9. The van der Waals surface area contributed by atoms with Gasteiger partial charge in [0.1, 0.15) is 5.75 Å². The molecule has 0 saturated heterocycles. The fraction of sp³-hybridized carbons (Fsp3) is 0.280. The third-order valence-electron chi connectivity index (χ3n) is 5.13. The average Bonchev–Trinajstić information content (AvgIpc) is 2.77. The van der Waals surface area contributed by atoms with Gasteiger partial charge in [0.15, 0.2) is 12.1 Å². The van der Waals surface area contributed by atoms with Crippen molar-refractivity contribution in [1.82, 2.24) is 0 Å². The van der Waals surface area contributed by atoms with E-state index in [-0.39, 0.29) is 5.78 Å². The Balaban J connectivity index is 1.82. The van der Waals surface area contributed by atoms with Crippen molar-refractivity contribution >= 4 is 22.8 Å². The molecule has 29 heavy (non-hydrogen) atoms. The van der Waals surface area contributed by atoms with Gasteiger partial charge in [-0.3, -0.25) is 9.59 Å². The summed E-state index contributed by atoms with van der Waals surface area (Å²) < 4.78 is 10.3. The average molecular weight is 390 g/mol. The van der Waals surface area contributed by atoms with Crippen LogP contribution in [0.15, 0.2) is 54.6 Å². The quantitative estimate of drug-likeness (QED) is 0.252. The number of hydrogen-bond donors (Lipinski definition) is 0. The lowest BCUT2D eigenvalue weighted by Crippen LogP contribution is -2.00. The van der Waals surface area contributed by atoms with E-state index in [2.05, 4.69) is 0 Å². The molecule has 3 rings (SSSR count). The summed E-state index contributed by atoms with van der Waals surface area (Å²) in [7, 11) is 3.25. The molecular weight excluding hydrogens is 364 g/mol. The maximum atomic E-state index is 12.5. The van der Waals surface area contributed by atoms with Gasteiger partial charge < -0.3 is 9.47 Å². The van der Waals surface area contributed by atoms with Crippen LogP contribution < -0.4 is 4.74 Å². The van der Waals surface area contributed by atoms with Crippen LogP contribution in [0.4, 0.5) is 0 Å². The van der Waals surface area contributed by atoms with Gasteiger partial charge in [-0.25, -0.2) is 0 Å². The number of unbranched alkanes of at least 4 members (excludes halogenated alkanes) is 2. The van der Waals surface area contributed by atoms with Crippen molar-refractivity contribution in [2.24, 2.45) is 0 Å². The molecule has 0 N–H and O–H groups in total. The number of carbonyl (C=O) groups excluding carboxylic acids is 2. The second-order valence-electron chi connectivity index (χ2n) is 7.04. The summed E-state index contributed by atoms with van der Waals surface area (Å²) in [6, 6.07) is 17.4. The summed E-state index contributed by atoms with van der Waals surface area (Å²) in [5.74, 6) is 0.733. The van der Waals surface area contributed by atoms with Crippen molar-refractivity contribution in [2.75, 3.05) is 20.8 Å². The first-order chi connectivity index (χ1) is 14.2. The SMILES string of the molecule is COCCCCCC(=O)c1cccc(-c2ccc3c(C=O)c(OC)ccc3c2)c1. The van der Waals surface area contributed by atoms with Crippen LogP contribution in [0.1, 0.15) is 46.4 Å². The third-order valence-corrected chi connectivity index (χ3v) is 5.13. The van der Waals surface area contributed by atoms with Gasteiger partial charge in [-0.1, -0.05) is 42.8 Å². The molecule has 0 aliphatic rings. The molecule has 3 aromatic carbocycles. The van der Waals surface area contributed by atoms with E-state index in [1.54, 1.807) is 20.3 Å². The van der Waals surface area contributed by atoms with Crippen LogP contribution in [0.25, 0.3) is 21.9 Å². The highest BCUT2D eigenvalue weighted by atomic mass is 16.5. The zero-order chi connectivity index (χ0) is 20.6. The second kappa shape index (κ2) is 9.99. The first kappa shape index (κ1) is 20.7. The highest BCUT2D eigenvalue weighted by Gasteiger charge is 2.10. The number of ketones is 1. The van der Waals surface area contributed by atoms with Crippen molar-refractivity contribution in [3.63, 3.8) is 0 Å². The molecule has 150 valence electrons. The predicted octanol–water partition coefficient (Wildman–Crippen LogP) is 5.72. The van der Waals surface area contributed by atoms with E-state index >= 15 is 0 Å². The zero-order valence-corrected chi connectivity index (χ0v) is 16.9. The van der Waals surface area contributed by atoms with Crippen molar-refractivity contribution in [1.29, 1.82) is 0 Å². The fourth-order valence-corrected chi connectivity index (χ4v) is 3.54. The maximum absolute atomic E-state index is 12.5. The van der Waals surface area contributed by atoms with Gasteiger partial charge in [-0.2, -0.15) is 0 Å². The first-order valence-electron chi connectivity index (χ1n) is 9.86. The highest BCUT2D eigenvalue weighted by molar-refractivity contribution is 6.02. The minimum absolute atomic E-state index is 0.165. The summed E-state index contributed by atoms with van der Waals surface area (Å²) in [6.07, 6.45) is 4.22. The van der Waals surface area contributed by atoms with E-state index in [0.717, 1.165) is 59.6 Å². The normalized spacial score (nSPS) is 10.8.